The van der Waals surface area contributed by atoms with E-state index in [0.29, 0.717) is 42.6 Å². The van der Waals surface area contributed by atoms with Gasteiger partial charge in [-0.15, -0.1) is 32.9 Å². The monoisotopic (exact) mass is 985 g/mol. The van der Waals surface area contributed by atoms with Gasteiger partial charge in [0.05, 0.1) is 47.5 Å². The van der Waals surface area contributed by atoms with Gasteiger partial charge in [-0.2, -0.15) is 0 Å². The molecular formula is C52H59N9O7S2. The minimum absolute atomic E-state index is 0.0139. The van der Waals surface area contributed by atoms with Crippen molar-refractivity contribution in [2.24, 2.45) is 10.4 Å². The Morgan fingerprint density at radius 2 is 1.66 bits per heavy atom. The number of aromatic nitrogens is 4. The molecule has 366 valence electrons. The van der Waals surface area contributed by atoms with Crippen LogP contribution in [0.4, 0.5) is 5.69 Å². The number of nitrogens with zero attached hydrogens (tertiary/aromatic N) is 6. The van der Waals surface area contributed by atoms with Crippen molar-refractivity contribution in [2.45, 2.75) is 105 Å². The van der Waals surface area contributed by atoms with Gasteiger partial charge < -0.3 is 35.4 Å². The third-order valence-electron chi connectivity index (χ3n) is 12.5. The molecule has 18 heteroatoms. The standard InChI is InChI=1S/C52H59N9O7S2/c1-29-31(3)70-51-44(29)45(57-40(48-59-58-32(4)61(48)51)25-43(64)56-37-13-10-9-11-14-37)34-17-19-39(20-18-34)67-21-12-22-68-42-23-35(46-30(2)54-28-69-46)15-16-36(42)26-53-49(65)41-24-38(63)27-60(41)50(66)47(52(6,7)8)55-33(5)62/h9-11,13-20,23,28,38,40-41,47,63H,12,21-22,24-27H2,1-8H3,(H,53,65)(H,55,62)(H,56,64)/t38-,40+,41+,47?/m1/s1. The Hall–Kier alpha value is -6.76. The van der Waals surface area contributed by atoms with E-state index in [1.54, 1.807) is 16.8 Å². The van der Waals surface area contributed by atoms with E-state index in [-0.39, 0.29) is 37.7 Å². The molecule has 16 nitrogen and oxygen atoms in total. The molecule has 1 saturated heterocycles. The van der Waals surface area contributed by atoms with E-state index in [4.69, 9.17) is 14.5 Å². The van der Waals surface area contributed by atoms with Gasteiger partial charge in [0.15, 0.2) is 5.82 Å². The summed E-state index contributed by atoms with van der Waals surface area (Å²) in [6.07, 6.45) is -0.183. The number of fused-ring (bicyclic) bond motifs is 3. The number of amides is 4. The van der Waals surface area contributed by atoms with Crippen LogP contribution in [0.5, 0.6) is 11.5 Å². The van der Waals surface area contributed by atoms with E-state index in [2.05, 4.69) is 45.0 Å². The van der Waals surface area contributed by atoms with Gasteiger partial charge in [0.25, 0.3) is 0 Å². The number of hydrogen-bond donors (Lipinski definition) is 4. The summed E-state index contributed by atoms with van der Waals surface area (Å²) in [7, 11) is 0. The molecule has 3 aromatic heterocycles. The molecule has 0 spiro atoms. The van der Waals surface area contributed by atoms with Crippen LogP contribution in [-0.2, 0) is 25.7 Å². The Bertz CT molecular complexity index is 2920. The van der Waals surface area contributed by atoms with Gasteiger partial charge >= 0.3 is 0 Å². The number of para-hydroxylation sites is 1. The zero-order chi connectivity index (χ0) is 49.9. The summed E-state index contributed by atoms with van der Waals surface area (Å²) in [5.41, 5.74) is 8.17. The number of aliphatic hydroxyl groups excluding tert-OH is 1. The topological polar surface area (TPSA) is 202 Å². The van der Waals surface area contributed by atoms with Gasteiger partial charge in [-0.3, -0.25) is 28.7 Å². The number of likely N-dealkylation sites (tertiary alicyclic amines) is 1. The predicted molar refractivity (Wildman–Crippen MR) is 271 cm³/mol. The second-order valence-corrected chi connectivity index (χ2v) is 20.9. The summed E-state index contributed by atoms with van der Waals surface area (Å²) < 4.78 is 14.7. The van der Waals surface area contributed by atoms with E-state index >= 15 is 0 Å². The first-order chi connectivity index (χ1) is 33.5. The first-order valence-electron chi connectivity index (χ1n) is 23.3. The fourth-order valence-electron chi connectivity index (χ4n) is 8.75. The van der Waals surface area contributed by atoms with Crippen LogP contribution in [-0.4, -0.2) is 97.0 Å². The van der Waals surface area contributed by atoms with Crippen molar-refractivity contribution in [2.75, 3.05) is 25.1 Å². The summed E-state index contributed by atoms with van der Waals surface area (Å²) >= 11 is 3.19. The number of thiophene rings is 1. The molecule has 8 rings (SSSR count). The molecule has 5 heterocycles. The number of rotatable bonds is 16. The number of carbonyl (C=O) groups excluding carboxylic acids is 4. The molecule has 6 aromatic rings. The highest BCUT2D eigenvalue weighted by molar-refractivity contribution is 7.15. The average Bonchev–Trinajstić information content (AvgIpc) is 4.09. The molecule has 0 aliphatic carbocycles. The second kappa shape index (κ2) is 21.1. The molecule has 4 atom stereocenters. The van der Waals surface area contributed by atoms with Crippen molar-refractivity contribution in [3.8, 4) is 26.9 Å². The van der Waals surface area contributed by atoms with Crippen LogP contribution in [0, 0.1) is 33.1 Å². The molecule has 0 bridgehead atoms. The first kappa shape index (κ1) is 49.7. The summed E-state index contributed by atoms with van der Waals surface area (Å²) in [6.45, 7) is 15.7. The number of benzene rings is 3. The van der Waals surface area contributed by atoms with E-state index in [1.807, 2.05) is 112 Å². The molecule has 1 fully saturated rings. The lowest BCUT2D eigenvalue weighted by Crippen LogP contribution is -2.57. The lowest BCUT2D eigenvalue weighted by molar-refractivity contribution is -0.143. The third kappa shape index (κ3) is 11.0. The maximum absolute atomic E-state index is 13.8. The van der Waals surface area contributed by atoms with Gasteiger partial charge in [-0.25, -0.2) is 4.98 Å². The summed E-state index contributed by atoms with van der Waals surface area (Å²) in [6, 6.07) is 20.6. The van der Waals surface area contributed by atoms with Crippen LogP contribution < -0.4 is 25.4 Å². The van der Waals surface area contributed by atoms with Crippen LogP contribution in [0.3, 0.4) is 0 Å². The number of aliphatic hydroxyl groups is 1. The molecule has 3 aromatic carbocycles. The Kier molecular flexibility index (Phi) is 15.0. The highest BCUT2D eigenvalue weighted by atomic mass is 32.1. The van der Waals surface area contributed by atoms with Gasteiger partial charge in [0.2, 0.25) is 23.6 Å². The van der Waals surface area contributed by atoms with Crippen molar-refractivity contribution < 1.29 is 33.8 Å². The number of aryl methyl sites for hydroxylation is 3. The quantitative estimate of drug-likeness (QED) is 0.0701. The molecule has 2 aliphatic rings. The molecule has 4 amide bonds. The maximum Gasteiger partial charge on any atom is 0.246 e. The molecular weight excluding hydrogens is 927 g/mol. The average molecular weight is 986 g/mol. The molecule has 1 unspecified atom stereocenters. The van der Waals surface area contributed by atoms with E-state index < -0.39 is 41.5 Å². The smallest absolute Gasteiger partial charge is 0.246 e. The summed E-state index contributed by atoms with van der Waals surface area (Å²) in [4.78, 5) is 66.3. The largest absolute Gasteiger partial charge is 0.493 e. The van der Waals surface area contributed by atoms with Gasteiger partial charge in [-0.1, -0.05) is 51.1 Å². The Labute approximate surface area is 415 Å². The van der Waals surface area contributed by atoms with Crippen molar-refractivity contribution >= 4 is 57.7 Å². The number of ether oxygens (including phenoxy) is 2. The number of anilines is 1. The molecule has 0 saturated carbocycles. The zero-order valence-corrected chi connectivity index (χ0v) is 42.3. The zero-order valence-electron chi connectivity index (χ0n) is 40.7. The van der Waals surface area contributed by atoms with Crippen molar-refractivity contribution in [3.63, 3.8) is 0 Å². The molecule has 70 heavy (non-hydrogen) atoms. The Morgan fingerprint density at radius 1 is 0.929 bits per heavy atom. The number of hydrogen-bond acceptors (Lipinski definition) is 13. The fourth-order valence-corrected chi connectivity index (χ4v) is 10.8. The number of aliphatic imine (C=N–C) groups is 1. The lowest BCUT2D eigenvalue weighted by atomic mass is 9.85. The maximum atomic E-state index is 13.8. The summed E-state index contributed by atoms with van der Waals surface area (Å²) in [5.74, 6) is 1.22. The van der Waals surface area contributed by atoms with Crippen molar-refractivity contribution in [1.29, 1.82) is 0 Å². The fraction of sp³-hybridized carbons (Fsp3) is 0.385. The van der Waals surface area contributed by atoms with Crippen molar-refractivity contribution in [1.82, 2.24) is 35.3 Å². The van der Waals surface area contributed by atoms with Gasteiger partial charge in [0, 0.05) is 60.1 Å². The number of β-amino-alcohol motifs (C(OH)–C–C–N with tert-alkyl or cyclic N) is 1. The van der Waals surface area contributed by atoms with Crippen LogP contribution in [0.1, 0.15) is 97.5 Å². The van der Waals surface area contributed by atoms with Crippen molar-refractivity contribution in [3.05, 3.63) is 123 Å². The van der Waals surface area contributed by atoms with Gasteiger partial charge in [-0.05, 0) is 86.7 Å². The molecule has 2 aliphatic heterocycles. The molecule has 4 N–H and O–H groups in total. The minimum Gasteiger partial charge on any atom is -0.493 e. The Balaban J connectivity index is 0.937. The van der Waals surface area contributed by atoms with Crippen LogP contribution in [0.25, 0.3) is 15.4 Å². The Morgan fingerprint density at radius 3 is 2.36 bits per heavy atom. The highest BCUT2D eigenvalue weighted by Gasteiger charge is 2.44. The van der Waals surface area contributed by atoms with E-state index in [0.717, 1.165) is 59.8 Å². The predicted octanol–water partition coefficient (Wildman–Crippen LogP) is 7.58. The van der Waals surface area contributed by atoms with E-state index in [1.165, 1.54) is 23.2 Å². The lowest BCUT2D eigenvalue weighted by Gasteiger charge is -2.35. The van der Waals surface area contributed by atoms with Crippen LogP contribution in [0.15, 0.2) is 83.3 Å². The highest BCUT2D eigenvalue weighted by Crippen LogP contribution is 2.40. The SMILES string of the molecule is CC(=O)NC(C(=O)N1C[C@H](O)C[C@H]1C(=O)NCc1ccc(-c2scnc2C)cc1OCCCOc1ccc(C2=N[C@@H](CC(=O)Nc3ccccc3)c3nnc(C)n3-c3sc(C)c(C)c32)cc1)C(C)(C)C. The normalized spacial score (nSPS) is 16.9. The number of carbonyl (C=O) groups is 4. The minimum atomic E-state index is -0.917. The number of thiazole rings is 1. The van der Waals surface area contributed by atoms with Crippen LogP contribution in [0.2, 0.25) is 0 Å². The summed E-state index contributed by atoms with van der Waals surface area (Å²) in [5, 5.41) is 29.3. The second-order valence-electron chi connectivity index (χ2n) is 18.8. The van der Waals surface area contributed by atoms with Gasteiger partial charge in [0.1, 0.15) is 40.5 Å². The third-order valence-corrected chi connectivity index (χ3v) is 14.6. The molecule has 0 radical (unpaired) electrons. The number of nitrogens with one attached hydrogen (secondary N) is 3. The first-order valence-corrected chi connectivity index (χ1v) is 25.0. The van der Waals surface area contributed by atoms with Crippen LogP contribution >= 0.6 is 22.7 Å². The van der Waals surface area contributed by atoms with E-state index in [9.17, 15) is 24.3 Å².